The van der Waals surface area contributed by atoms with Crippen molar-refractivity contribution in [2.75, 3.05) is 0 Å². The molecule has 0 spiro atoms. The number of benzene rings is 10. The minimum absolute atomic E-state index is 0.637. The molecule has 0 saturated heterocycles. The highest BCUT2D eigenvalue weighted by molar-refractivity contribution is 6.32. The van der Waals surface area contributed by atoms with Gasteiger partial charge in [0.15, 0.2) is 0 Å². The number of hydrogen-bond donors (Lipinski definition) is 0. The second-order valence-corrected chi connectivity index (χ2v) is 14.3. The summed E-state index contributed by atoms with van der Waals surface area (Å²) in [6.45, 7) is 0. The van der Waals surface area contributed by atoms with Crippen molar-refractivity contribution in [3.05, 3.63) is 205 Å². The highest BCUT2D eigenvalue weighted by Crippen LogP contribution is 2.48. The Morgan fingerprint density at radius 2 is 0.500 bits per heavy atom. The number of hydrogen-bond acceptors (Lipinski definition) is 2. The molecule has 0 aliphatic heterocycles. The second-order valence-electron chi connectivity index (χ2n) is 14.3. The SMILES string of the molecule is N#Cc1ccc(-c2cc(-c3ccc(-c4ccccc4)cc3)c3ccc4c(-c5ccc(C#N)cc5)cc(-c5ccc(-c6ccccc6)cc5)c5ccc2c3c45)cc1. The standard InChI is InChI=1S/C54H32N2/c55-33-35-11-15-41(16-12-35)49-31-51(43-23-19-39(20-24-43)37-7-3-1-4-8-37)47-29-27-46-50(42-17-13-36(34-56)14-18-42)32-52(48-30-28-45(49)53(47)54(46)48)44-25-21-40(22-26-44)38-9-5-2-6-10-38/h1-32H. The van der Waals surface area contributed by atoms with Crippen LogP contribution in [0.15, 0.2) is 194 Å². The first-order valence-electron chi connectivity index (χ1n) is 18.8. The zero-order valence-electron chi connectivity index (χ0n) is 30.4. The molecule has 258 valence electrons. The molecular weight excluding hydrogens is 677 g/mol. The predicted molar refractivity (Wildman–Crippen MR) is 232 cm³/mol. The summed E-state index contributed by atoms with van der Waals surface area (Å²) in [6.07, 6.45) is 0. The molecule has 0 fully saturated rings. The molecule has 0 aromatic heterocycles. The summed E-state index contributed by atoms with van der Waals surface area (Å²) in [5.41, 5.74) is 15.0. The molecule has 0 bridgehead atoms. The lowest BCUT2D eigenvalue weighted by Crippen LogP contribution is -1.94. The normalized spacial score (nSPS) is 11.2. The van der Waals surface area contributed by atoms with Crippen molar-refractivity contribution in [1.29, 1.82) is 10.5 Å². The molecule has 10 rings (SSSR count). The Balaban J connectivity index is 1.27. The molecule has 0 N–H and O–H groups in total. The third kappa shape index (κ3) is 5.57. The van der Waals surface area contributed by atoms with E-state index in [1.165, 1.54) is 43.8 Å². The van der Waals surface area contributed by atoms with E-state index in [2.05, 4.69) is 170 Å². The van der Waals surface area contributed by atoms with Gasteiger partial charge in [0.25, 0.3) is 0 Å². The Morgan fingerprint density at radius 1 is 0.250 bits per heavy atom. The Kier molecular flexibility index (Phi) is 7.96. The highest BCUT2D eigenvalue weighted by Gasteiger charge is 2.21. The minimum atomic E-state index is 0.637. The van der Waals surface area contributed by atoms with Gasteiger partial charge in [-0.15, -0.1) is 0 Å². The molecule has 10 aromatic carbocycles. The van der Waals surface area contributed by atoms with E-state index in [0.717, 1.165) is 55.3 Å². The zero-order chi connectivity index (χ0) is 37.6. The molecule has 0 heterocycles. The zero-order valence-corrected chi connectivity index (χ0v) is 30.4. The third-order valence-corrected chi connectivity index (χ3v) is 11.2. The van der Waals surface area contributed by atoms with E-state index < -0.39 is 0 Å². The fourth-order valence-electron chi connectivity index (χ4n) is 8.34. The summed E-state index contributed by atoms with van der Waals surface area (Å²) in [7, 11) is 0. The van der Waals surface area contributed by atoms with Crippen LogP contribution in [0.3, 0.4) is 0 Å². The van der Waals surface area contributed by atoms with E-state index in [9.17, 15) is 10.5 Å². The summed E-state index contributed by atoms with van der Waals surface area (Å²) in [5.74, 6) is 0. The van der Waals surface area contributed by atoms with Gasteiger partial charge < -0.3 is 0 Å². The van der Waals surface area contributed by atoms with Crippen LogP contribution in [0.4, 0.5) is 0 Å². The van der Waals surface area contributed by atoms with Gasteiger partial charge in [-0.3, -0.25) is 0 Å². The van der Waals surface area contributed by atoms with Crippen LogP contribution in [-0.2, 0) is 0 Å². The van der Waals surface area contributed by atoms with Crippen molar-refractivity contribution in [2.45, 2.75) is 0 Å². The predicted octanol–water partition coefficient (Wildman–Crippen LogP) is 14.3. The van der Waals surface area contributed by atoms with Gasteiger partial charge >= 0.3 is 0 Å². The summed E-state index contributed by atoms with van der Waals surface area (Å²) < 4.78 is 0. The topological polar surface area (TPSA) is 47.6 Å². The monoisotopic (exact) mass is 708 g/mol. The van der Waals surface area contributed by atoms with Gasteiger partial charge in [-0.25, -0.2) is 0 Å². The first-order valence-corrected chi connectivity index (χ1v) is 18.8. The van der Waals surface area contributed by atoms with Gasteiger partial charge in [0.05, 0.1) is 23.3 Å². The molecule has 2 heteroatoms. The number of rotatable bonds is 6. The molecular formula is C54H32N2. The quantitative estimate of drug-likeness (QED) is 0.161. The van der Waals surface area contributed by atoms with Crippen molar-refractivity contribution >= 4 is 32.3 Å². The molecule has 0 aliphatic rings. The van der Waals surface area contributed by atoms with E-state index in [1.807, 2.05) is 36.4 Å². The Morgan fingerprint density at radius 3 is 0.786 bits per heavy atom. The Hall–Kier alpha value is -7.78. The first-order chi connectivity index (χ1) is 27.7. The van der Waals surface area contributed by atoms with Crippen molar-refractivity contribution in [3.63, 3.8) is 0 Å². The van der Waals surface area contributed by atoms with Crippen LogP contribution in [0.1, 0.15) is 11.1 Å². The largest absolute Gasteiger partial charge is 0.192 e. The van der Waals surface area contributed by atoms with Crippen LogP contribution >= 0.6 is 0 Å². The lowest BCUT2D eigenvalue weighted by molar-refractivity contribution is 1.48. The summed E-state index contributed by atoms with van der Waals surface area (Å²) in [5, 5.41) is 26.4. The van der Waals surface area contributed by atoms with Crippen LogP contribution < -0.4 is 0 Å². The van der Waals surface area contributed by atoms with E-state index in [-0.39, 0.29) is 0 Å². The summed E-state index contributed by atoms with van der Waals surface area (Å²) in [6, 6.07) is 73.0. The smallest absolute Gasteiger partial charge is 0.0991 e. The third-order valence-electron chi connectivity index (χ3n) is 11.2. The Bertz CT molecular complexity index is 2910. The van der Waals surface area contributed by atoms with Gasteiger partial charge in [0.1, 0.15) is 0 Å². The maximum Gasteiger partial charge on any atom is 0.0991 e. The van der Waals surface area contributed by atoms with Crippen LogP contribution in [0.5, 0.6) is 0 Å². The fourth-order valence-corrected chi connectivity index (χ4v) is 8.34. The molecule has 0 radical (unpaired) electrons. The molecule has 56 heavy (non-hydrogen) atoms. The van der Waals surface area contributed by atoms with Crippen LogP contribution in [0, 0.1) is 22.7 Å². The average Bonchev–Trinajstić information content (AvgIpc) is 3.28. The maximum absolute atomic E-state index is 9.63. The first kappa shape index (κ1) is 32.8. The lowest BCUT2D eigenvalue weighted by atomic mass is 9.81. The number of nitrogens with zero attached hydrogens (tertiary/aromatic N) is 2. The molecule has 0 unspecified atom stereocenters. The van der Waals surface area contributed by atoms with E-state index in [4.69, 9.17) is 0 Å². The Labute approximate surface area is 325 Å². The van der Waals surface area contributed by atoms with Crippen LogP contribution in [-0.4, -0.2) is 0 Å². The van der Waals surface area contributed by atoms with Crippen molar-refractivity contribution in [3.8, 4) is 78.9 Å². The van der Waals surface area contributed by atoms with Crippen molar-refractivity contribution < 1.29 is 0 Å². The highest BCUT2D eigenvalue weighted by atomic mass is 14.3. The van der Waals surface area contributed by atoms with Crippen molar-refractivity contribution in [2.24, 2.45) is 0 Å². The maximum atomic E-state index is 9.63. The van der Waals surface area contributed by atoms with Gasteiger partial charge in [-0.2, -0.15) is 10.5 Å². The van der Waals surface area contributed by atoms with Crippen LogP contribution in [0.25, 0.3) is 99.1 Å². The van der Waals surface area contributed by atoms with Crippen molar-refractivity contribution in [1.82, 2.24) is 0 Å². The summed E-state index contributed by atoms with van der Waals surface area (Å²) in [4.78, 5) is 0. The molecule has 10 aromatic rings. The number of nitriles is 2. The van der Waals surface area contributed by atoms with Crippen LogP contribution in [0.2, 0.25) is 0 Å². The summed E-state index contributed by atoms with van der Waals surface area (Å²) >= 11 is 0. The van der Waals surface area contributed by atoms with E-state index in [0.29, 0.717) is 11.1 Å². The van der Waals surface area contributed by atoms with E-state index in [1.54, 1.807) is 0 Å². The average molecular weight is 709 g/mol. The minimum Gasteiger partial charge on any atom is -0.192 e. The molecule has 0 aliphatic carbocycles. The van der Waals surface area contributed by atoms with Gasteiger partial charge in [0.2, 0.25) is 0 Å². The second kappa shape index (κ2) is 13.6. The molecule has 2 nitrogen and oxygen atoms in total. The van der Waals surface area contributed by atoms with Gasteiger partial charge in [-0.1, -0.05) is 158 Å². The van der Waals surface area contributed by atoms with E-state index >= 15 is 0 Å². The molecule has 0 saturated carbocycles. The molecule has 0 atom stereocenters. The van der Waals surface area contributed by atoms with Gasteiger partial charge in [-0.05, 0) is 135 Å². The molecule has 0 amide bonds. The van der Waals surface area contributed by atoms with Gasteiger partial charge in [0, 0.05) is 0 Å². The lowest BCUT2D eigenvalue weighted by Gasteiger charge is -2.21. The fraction of sp³-hybridized carbons (Fsp3) is 0.